The highest BCUT2D eigenvalue weighted by atomic mass is 32.2. The van der Waals surface area contributed by atoms with E-state index in [2.05, 4.69) is 9.84 Å². The molecule has 1 heterocycles. The lowest BCUT2D eigenvalue weighted by Crippen LogP contribution is -2.09. The maximum atomic E-state index is 12.0. The summed E-state index contributed by atoms with van der Waals surface area (Å²) in [5, 5.41) is 4.03. The third kappa shape index (κ3) is 4.73. The maximum absolute atomic E-state index is 12.0. The molecule has 0 fully saturated rings. The van der Waals surface area contributed by atoms with Crippen LogP contribution in [0.2, 0.25) is 0 Å². The number of rotatable bonds is 7. The summed E-state index contributed by atoms with van der Waals surface area (Å²) < 4.78 is 41.8. The van der Waals surface area contributed by atoms with Crippen molar-refractivity contribution in [2.45, 2.75) is 18.9 Å². The Hall–Kier alpha value is -1.76. The highest BCUT2D eigenvalue weighted by Gasteiger charge is 2.06. The van der Waals surface area contributed by atoms with Gasteiger partial charge in [0.15, 0.2) is 0 Å². The van der Waals surface area contributed by atoms with Gasteiger partial charge in [-0.25, -0.2) is 0 Å². The van der Waals surface area contributed by atoms with Crippen molar-refractivity contribution in [3.63, 3.8) is 0 Å². The van der Waals surface area contributed by atoms with Gasteiger partial charge in [-0.3, -0.25) is 8.89 Å². The Morgan fingerprint density at radius 2 is 2.05 bits per heavy atom. The fourth-order valence-electron chi connectivity index (χ4n) is 1.65. The van der Waals surface area contributed by atoms with Gasteiger partial charge in [0.25, 0.3) is 0 Å². The summed E-state index contributed by atoms with van der Waals surface area (Å²) in [6.07, 6.45) is 3.48. The quantitative estimate of drug-likeness (QED) is 0.789. The molecule has 1 aromatic heterocycles. The monoisotopic (exact) mass is 300 g/mol. The molecule has 0 aliphatic rings. The molecule has 0 unspecified atom stereocenters. The fourth-order valence-corrected chi connectivity index (χ4v) is 2.75. The summed E-state index contributed by atoms with van der Waals surface area (Å²) in [6, 6.07) is 8.00. The molecule has 0 aliphatic heterocycles. The average molecular weight is 300 g/mol. The fraction of sp³-hybridized carbons (Fsp3) is 0.308. The van der Waals surface area contributed by atoms with Crippen molar-refractivity contribution in [2.24, 2.45) is 0 Å². The molecule has 0 spiro atoms. The van der Waals surface area contributed by atoms with Gasteiger partial charge in [-0.1, -0.05) is 12.1 Å². The predicted octanol–water partition coefficient (Wildman–Crippen LogP) is 2.43. The van der Waals surface area contributed by atoms with Crippen LogP contribution >= 0.6 is 0 Å². The Kier molecular flexibility index (Phi) is 5.23. The van der Waals surface area contributed by atoms with Crippen LogP contribution in [0.3, 0.4) is 0 Å². The van der Waals surface area contributed by atoms with E-state index in [0.717, 1.165) is 5.56 Å². The number of hydrogen-bond acceptors (Lipinski definition) is 3. The zero-order valence-corrected chi connectivity index (χ0v) is 11.4. The summed E-state index contributed by atoms with van der Waals surface area (Å²) in [5.41, 5.74) is 0.824. The third-order valence-electron chi connectivity index (χ3n) is 2.58. The minimum Gasteiger partial charge on any atom is -0.435 e. The lowest BCUT2D eigenvalue weighted by atomic mass is 10.2. The number of halogens is 2. The summed E-state index contributed by atoms with van der Waals surface area (Å²) in [6.45, 7) is -2.24. The van der Waals surface area contributed by atoms with Gasteiger partial charge in [0.1, 0.15) is 5.75 Å². The lowest BCUT2D eigenvalue weighted by Gasteiger charge is -2.06. The van der Waals surface area contributed by atoms with Crippen molar-refractivity contribution in [1.29, 1.82) is 0 Å². The Labute approximate surface area is 117 Å². The molecular weight excluding hydrogens is 286 g/mol. The first-order valence-corrected chi connectivity index (χ1v) is 7.48. The summed E-state index contributed by atoms with van der Waals surface area (Å²) in [4.78, 5) is 0. The third-order valence-corrected chi connectivity index (χ3v) is 3.88. The molecule has 1 aromatic carbocycles. The second kappa shape index (κ2) is 7.14. The van der Waals surface area contributed by atoms with Crippen molar-refractivity contribution in [2.75, 3.05) is 5.75 Å². The SMILES string of the molecule is O=[S@](CCn1cccn1)Cc1ccc(OC(F)F)cc1. The van der Waals surface area contributed by atoms with Crippen LogP contribution in [-0.4, -0.2) is 26.4 Å². The summed E-state index contributed by atoms with van der Waals surface area (Å²) in [7, 11) is -1.02. The molecule has 0 saturated carbocycles. The highest BCUT2D eigenvalue weighted by molar-refractivity contribution is 7.84. The number of ether oxygens (including phenoxy) is 1. The van der Waals surface area contributed by atoms with Crippen LogP contribution < -0.4 is 4.74 Å². The topological polar surface area (TPSA) is 44.1 Å². The number of aryl methyl sites for hydroxylation is 1. The highest BCUT2D eigenvalue weighted by Crippen LogP contribution is 2.15. The van der Waals surface area contributed by atoms with E-state index < -0.39 is 17.4 Å². The number of hydrogen-bond donors (Lipinski definition) is 0. The van der Waals surface area contributed by atoms with Crippen LogP contribution in [0.5, 0.6) is 5.75 Å². The minimum atomic E-state index is -2.83. The van der Waals surface area contributed by atoms with Crippen LogP contribution in [0.25, 0.3) is 0 Å². The van der Waals surface area contributed by atoms with E-state index in [1.54, 1.807) is 23.0 Å². The van der Waals surface area contributed by atoms with Gasteiger partial charge in [-0.05, 0) is 23.8 Å². The zero-order chi connectivity index (χ0) is 14.4. The smallest absolute Gasteiger partial charge is 0.387 e. The van der Waals surface area contributed by atoms with Crippen molar-refractivity contribution in [1.82, 2.24) is 9.78 Å². The second-order valence-corrected chi connectivity index (χ2v) is 5.66. The first-order chi connectivity index (χ1) is 9.63. The van der Waals surface area contributed by atoms with Crippen LogP contribution in [0.4, 0.5) is 8.78 Å². The van der Waals surface area contributed by atoms with Crippen molar-refractivity contribution < 1.29 is 17.7 Å². The van der Waals surface area contributed by atoms with Crippen molar-refractivity contribution >= 4 is 10.8 Å². The Morgan fingerprint density at radius 3 is 2.65 bits per heavy atom. The van der Waals surface area contributed by atoms with Crippen LogP contribution in [0, 0.1) is 0 Å². The maximum Gasteiger partial charge on any atom is 0.387 e. The van der Waals surface area contributed by atoms with E-state index in [1.807, 2.05) is 12.3 Å². The van der Waals surface area contributed by atoms with Gasteiger partial charge in [-0.2, -0.15) is 13.9 Å². The Balaban J connectivity index is 1.81. The predicted molar refractivity (Wildman–Crippen MR) is 72.0 cm³/mol. The number of nitrogens with zero attached hydrogens (tertiary/aromatic N) is 2. The molecule has 20 heavy (non-hydrogen) atoms. The van der Waals surface area contributed by atoms with Crippen LogP contribution in [0.15, 0.2) is 42.7 Å². The zero-order valence-electron chi connectivity index (χ0n) is 10.6. The molecule has 0 bridgehead atoms. The number of alkyl halides is 2. The number of benzene rings is 1. The van der Waals surface area contributed by atoms with Gasteiger partial charge in [-0.15, -0.1) is 0 Å². The molecule has 0 N–H and O–H groups in total. The molecule has 7 heteroatoms. The largest absolute Gasteiger partial charge is 0.435 e. The molecule has 0 saturated heterocycles. The summed E-state index contributed by atoms with van der Waals surface area (Å²) >= 11 is 0. The minimum absolute atomic E-state index is 0.103. The molecule has 108 valence electrons. The molecule has 1 atom stereocenters. The van der Waals surface area contributed by atoms with Crippen molar-refractivity contribution in [3.05, 3.63) is 48.3 Å². The van der Waals surface area contributed by atoms with E-state index in [9.17, 15) is 13.0 Å². The molecule has 0 radical (unpaired) electrons. The lowest BCUT2D eigenvalue weighted by molar-refractivity contribution is -0.0498. The molecular formula is C13H14F2N2O2S. The molecule has 0 aliphatic carbocycles. The van der Waals surface area contributed by atoms with Gasteiger partial charge in [0, 0.05) is 34.7 Å². The number of aromatic nitrogens is 2. The molecule has 2 aromatic rings. The first-order valence-electron chi connectivity index (χ1n) is 5.99. The van der Waals surface area contributed by atoms with E-state index >= 15 is 0 Å². The molecule has 2 rings (SSSR count). The normalized spacial score (nSPS) is 12.6. The van der Waals surface area contributed by atoms with Gasteiger partial charge in [0.2, 0.25) is 0 Å². The van der Waals surface area contributed by atoms with Gasteiger partial charge in [0.05, 0.1) is 6.54 Å². The van der Waals surface area contributed by atoms with Gasteiger partial charge < -0.3 is 4.74 Å². The van der Waals surface area contributed by atoms with E-state index in [-0.39, 0.29) is 5.75 Å². The van der Waals surface area contributed by atoms with E-state index in [0.29, 0.717) is 18.1 Å². The van der Waals surface area contributed by atoms with E-state index in [4.69, 9.17) is 0 Å². The average Bonchev–Trinajstić information content (AvgIpc) is 2.91. The molecule has 0 amide bonds. The van der Waals surface area contributed by atoms with Crippen LogP contribution in [-0.2, 0) is 23.1 Å². The first kappa shape index (κ1) is 14.6. The summed E-state index contributed by atoms with van der Waals surface area (Å²) in [5.74, 6) is 0.985. The standard InChI is InChI=1S/C13H14F2N2O2S/c14-13(15)19-12-4-2-11(3-5-12)10-20(18)9-8-17-7-1-6-16-17/h1-7,13H,8-10H2/t20-/m1/s1. The Bertz CT molecular complexity index is 544. The Morgan fingerprint density at radius 1 is 1.30 bits per heavy atom. The second-order valence-electron chi connectivity index (χ2n) is 4.08. The molecule has 4 nitrogen and oxygen atoms in total. The van der Waals surface area contributed by atoms with Gasteiger partial charge >= 0.3 is 6.61 Å². The van der Waals surface area contributed by atoms with Crippen LogP contribution in [0.1, 0.15) is 5.56 Å². The van der Waals surface area contributed by atoms with Crippen molar-refractivity contribution in [3.8, 4) is 5.75 Å². The van der Waals surface area contributed by atoms with E-state index in [1.165, 1.54) is 12.1 Å².